The molecule has 0 aliphatic carbocycles. The predicted octanol–water partition coefficient (Wildman–Crippen LogP) is 7.16. The molecule has 37 heavy (non-hydrogen) atoms. The standard InChI is InChI=1S/C27H24ClF3N2O3S/c1-2-37-25-22(15-32)21-8-7-18(13-19(21)14-23(25)28)20(9-11-27(29,30)31)16-3-5-17(6-4-16)26(36)33-12-10-24(34)35/h3-8,13-14,20H,2,9-12H2,1H3,(H,33,36)(H,34,35). The second-order valence-electron chi connectivity index (χ2n) is 8.32. The number of alkyl halides is 3. The molecule has 10 heteroatoms. The highest BCUT2D eigenvalue weighted by Gasteiger charge is 2.29. The van der Waals surface area contributed by atoms with Crippen LogP contribution in [0.2, 0.25) is 5.02 Å². The molecule has 1 amide bonds. The van der Waals surface area contributed by atoms with E-state index in [-0.39, 0.29) is 24.9 Å². The summed E-state index contributed by atoms with van der Waals surface area (Å²) in [5.41, 5.74) is 1.93. The number of rotatable bonds is 10. The van der Waals surface area contributed by atoms with Crippen LogP contribution in [-0.2, 0) is 4.79 Å². The van der Waals surface area contributed by atoms with E-state index in [1.807, 2.05) is 6.92 Å². The molecule has 0 aliphatic rings. The van der Waals surface area contributed by atoms with Gasteiger partial charge in [0.2, 0.25) is 0 Å². The number of nitrogens with one attached hydrogen (secondary N) is 1. The van der Waals surface area contributed by atoms with Gasteiger partial charge in [-0.15, -0.1) is 11.8 Å². The van der Waals surface area contributed by atoms with Gasteiger partial charge in [-0.2, -0.15) is 18.4 Å². The summed E-state index contributed by atoms with van der Waals surface area (Å²) >= 11 is 7.90. The van der Waals surface area contributed by atoms with Crippen LogP contribution in [0.3, 0.4) is 0 Å². The summed E-state index contributed by atoms with van der Waals surface area (Å²) in [5, 5.41) is 22.7. The lowest BCUT2D eigenvalue weighted by atomic mass is 9.85. The Hall–Kier alpha value is -3.22. The number of carbonyl (C=O) groups is 2. The molecule has 3 aromatic rings. The van der Waals surface area contributed by atoms with Crippen molar-refractivity contribution in [1.29, 1.82) is 5.26 Å². The van der Waals surface area contributed by atoms with Crippen LogP contribution in [0.1, 0.15) is 59.2 Å². The molecule has 0 bridgehead atoms. The molecule has 1 atom stereocenters. The Morgan fingerprint density at radius 1 is 1.14 bits per heavy atom. The summed E-state index contributed by atoms with van der Waals surface area (Å²) < 4.78 is 39.5. The number of aliphatic carboxylic acids is 1. The van der Waals surface area contributed by atoms with E-state index in [9.17, 15) is 28.0 Å². The van der Waals surface area contributed by atoms with Crippen molar-refractivity contribution in [2.75, 3.05) is 12.3 Å². The number of nitriles is 1. The number of fused-ring (bicyclic) bond motifs is 1. The zero-order valence-corrected chi connectivity index (χ0v) is 21.4. The lowest BCUT2D eigenvalue weighted by Crippen LogP contribution is -2.25. The molecule has 0 heterocycles. The highest BCUT2D eigenvalue weighted by Crippen LogP contribution is 2.39. The molecular weight excluding hydrogens is 525 g/mol. The first kappa shape index (κ1) is 28.4. The third-order valence-electron chi connectivity index (χ3n) is 5.79. The van der Waals surface area contributed by atoms with Gasteiger partial charge in [-0.25, -0.2) is 0 Å². The van der Waals surface area contributed by atoms with Crippen molar-refractivity contribution in [2.24, 2.45) is 0 Å². The maximum atomic E-state index is 13.2. The molecule has 3 aromatic carbocycles. The molecule has 3 rings (SSSR count). The first-order chi connectivity index (χ1) is 17.5. The van der Waals surface area contributed by atoms with E-state index in [4.69, 9.17) is 16.7 Å². The molecule has 5 nitrogen and oxygen atoms in total. The van der Waals surface area contributed by atoms with E-state index >= 15 is 0 Å². The lowest BCUT2D eigenvalue weighted by Gasteiger charge is -2.20. The van der Waals surface area contributed by atoms with E-state index in [0.717, 1.165) is 5.75 Å². The van der Waals surface area contributed by atoms with Crippen LogP contribution in [-0.4, -0.2) is 35.5 Å². The number of thioether (sulfide) groups is 1. The highest BCUT2D eigenvalue weighted by molar-refractivity contribution is 7.99. The van der Waals surface area contributed by atoms with Crippen molar-refractivity contribution in [3.63, 3.8) is 0 Å². The van der Waals surface area contributed by atoms with Gasteiger partial charge in [-0.3, -0.25) is 9.59 Å². The Balaban J connectivity index is 1.98. The van der Waals surface area contributed by atoms with Crippen molar-refractivity contribution in [3.05, 3.63) is 75.8 Å². The number of carboxylic acid groups (broad SMARTS) is 1. The van der Waals surface area contributed by atoms with Gasteiger partial charge < -0.3 is 10.4 Å². The molecule has 0 saturated heterocycles. The zero-order valence-electron chi connectivity index (χ0n) is 19.9. The number of hydrogen-bond donors (Lipinski definition) is 2. The van der Waals surface area contributed by atoms with E-state index < -0.39 is 30.4 Å². The SMILES string of the molecule is CCSc1c(Cl)cc2cc(C(CCC(F)(F)F)c3ccc(C(=O)NCCC(=O)O)cc3)ccc2c1C#N. The van der Waals surface area contributed by atoms with Crippen LogP contribution < -0.4 is 5.32 Å². The molecule has 0 aromatic heterocycles. The molecule has 0 fully saturated rings. The second kappa shape index (κ2) is 12.3. The van der Waals surface area contributed by atoms with Crippen LogP contribution in [0.25, 0.3) is 10.8 Å². The Bertz CT molecular complexity index is 1340. The quantitative estimate of drug-likeness (QED) is 0.262. The van der Waals surface area contributed by atoms with Crippen LogP contribution >= 0.6 is 23.4 Å². The van der Waals surface area contributed by atoms with Gasteiger partial charge in [0.05, 0.1) is 17.0 Å². The number of hydrogen-bond acceptors (Lipinski definition) is 4. The van der Waals surface area contributed by atoms with Crippen LogP contribution in [0.4, 0.5) is 13.2 Å². The molecule has 0 spiro atoms. The summed E-state index contributed by atoms with van der Waals surface area (Å²) in [6, 6.07) is 15.4. The minimum Gasteiger partial charge on any atom is -0.481 e. The van der Waals surface area contributed by atoms with Crippen molar-refractivity contribution in [1.82, 2.24) is 5.32 Å². The summed E-state index contributed by atoms with van der Waals surface area (Å²) in [6.07, 6.45) is -5.77. The van der Waals surface area contributed by atoms with Gasteiger partial charge in [-0.05, 0) is 46.9 Å². The average molecular weight is 549 g/mol. The molecular formula is C27H24ClF3N2O3S. The number of benzene rings is 3. The third kappa shape index (κ3) is 7.40. The van der Waals surface area contributed by atoms with Crippen molar-refractivity contribution in [3.8, 4) is 6.07 Å². The average Bonchev–Trinajstić information content (AvgIpc) is 2.84. The highest BCUT2D eigenvalue weighted by atomic mass is 35.5. The van der Waals surface area contributed by atoms with Crippen LogP contribution in [0.5, 0.6) is 0 Å². The smallest absolute Gasteiger partial charge is 0.389 e. The van der Waals surface area contributed by atoms with Gasteiger partial charge in [0, 0.05) is 34.7 Å². The van der Waals surface area contributed by atoms with Crippen molar-refractivity contribution < 1.29 is 27.9 Å². The monoisotopic (exact) mass is 548 g/mol. The fourth-order valence-corrected chi connectivity index (χ4v) is 5.23. The summed E-state index contributed by atoms with van der Waals surface area (Å²) in [6.45, 7) is 1.92. The molecule has 1 unspecified atom stereocenters. The zero-order chi connectivity index (χ0) is 27.2. The maximum absolute atomic E-state index is 13.2. The fourth-order valence-electron chi connectivity index (χ4n) is 4.07. The third-order valence-corrected chi connectivity index (χ3v) is 7.20. The normalized spacial score (nSPS) is 12.2. The van der Waals surface area contributed by atoms with Gasteiger partial charge in [0.15, 0.2) is 0 Å². The molecule has 2 N–H and O–H groups in total. The van der Waals surface area contributed by atoms with Crippen molar-refractivity contribution >= 4 is 46.0 Å². The number of carboxylic acids is 1. The number of nitrogens with zero attached hydrogens (tertiary/aromatic N) is 1. The number of halogens is 4. The first-order valence-corrected chi connectivity index (χ1v) is 12.9. The lowest BCUT2D eigenvalue weighted by molar-refractivity contribution is -0.137. The van der Waals surface area contributed by atoms with Gasteiger partial charge in [0.1, 0.15) is 6.07 Å². The summed E-state index contributed by atoms with van der Waals surface area (Å²) in [7, 11) is 0. The van der Waals surface area contributed by atoms with Gasteiger partial charge >= 0.3 is 12.1 Å². The Morgan fingerprint density at radius 3 is 2.41 bits per heavy atom. The topological polar surface area (TPSA) is 90.2 Å². The molecule has 0 radical (unpaired) electrons. The Kier molecular flexibility index (Phi) is 9.46. The Morgan fingerprint density at radius 2 is 1.81 bits per heavy atom. The molecule has 0 saturated carbocycles. The summed E-state index contributed by atoms with van der Waals surface area (Å²) in [5.74, 6) is -1.40. The Labute approximate surface area is 221 Å². The van der Waals surface area contributed by atoms with Crippen LogP contribution in [0, 0.1) is 11.3 Å². The number of amides is 1. The van der Waals surface area contributed by atoms with Gasteiger partial charge in [-0.1, -0.05) is 48.9 Å². The van der Waals surface area contributed by atoms with E-state index in [1.165, 1.54) is 23.9 Å². The van der Waals surface area contributed by atoms with Gasteiger partial charge in [0.25, 0.3) is 5.91 Å². The second-order valence-corrected chi connectivity index (χ2v) is 10.00. The van der Waals surface area contributed by atoms with E-state index in [2.05, 4.69) is 11.4 Å². The minimum absolute atomic E-state index is 0.0348. The summed E-state index contributed by atoms with van der Waals surface area (Å²) in [4.78, 5) is 23.6. The van der Waals surface area contributed by atoms with Crippen molar-refractivity contribution in [2.45, 2.75) is 43.2 Å². The maximum Gasteiger partial charge on any atom is 0.389 e. The van der Waals surface area contributed by atoms with E-state index in [0.29, 0.717) is 37.4 Å². The molecule has 194 valence electrons. The minimum atomic E-state index is -4.34. The van der Waals surface area contributed by atoms with Crippen LogP contribution in [0.15, 0.2) is 53.4 Å². The molecule has 0 aliphatic heterocycles. The first-order valence-electron chi connectivity index (χ1n) is 11.5. The fraction of sp³-hybridized carbons (Fsp3) is 0.296. The largest absolute Gasteiger partial charge is 0.481 e. The van der Waals surface area contributed by atoms with E-state index in [1.54, 1.807) is 36.4 Å². The predicted molar refractivity (Wildman–Crippen MR) is 138 cm³/mol. The number of carbonyl (C=O) groups excluding carboxylic acids is 1.